The van der Waals surface area contributed by atoms with Crippen LogP contribution in [0.4, 0.5) is 5.69 Å². The molecule has 1 aromatic heterocycles. The van der Waals surface area contributed by atoms with Crippen molar-refractivity contribution in [1.82, 2.24) is 5.27 Å². The van der Waals surface area contributed by atoms with Crippen LogP contribution in [0.3, 0.4) is 0 Å². The van der Waals surface area contributed by atoms with E-state index in [1.807, 2.05) is 6.07 Å². The van der Waals surface area contributed by atoms with Crippen LogP contribution in [0.2, 0.25) is 0 Å². The molecule has 6 rings (SSSR count). The van der Waals surface area contributed by atoms with Crippen molar-refractivity contribution in [1.29, 1.82) is 0 Å². The molecule has 0 unspecified atom stereocenters. The number of rotatable bonds is 7. The number of ether oxygens (including phenoxy) is 3. The minimum atomic E-state index is -0.811. The molecule has 0 atom stereocenters. The van der Waals surface area contributed by atoms with Crippen molar-refractivity contribution < 1.29 is 33.0 Å². The molecule has 1 amide bonds. The number of fused-ring (bicyclic) bond motifs is 1. The molecular formula is C28H21N4O7S+. The van der Waals surface area contributed by atoms with Gasteiger partial charge in [0.25, 0.3) is 5.91 Å². The molecule has 3 heterocycles. The summed E-state index contributed by atoms with van der Waals surface area (Å²) in [5.74, 6) is 0.795. The fourth-order valence-electron chi connectivity index (χ4n) is 4.18. The zero-order valence-corrected chi connectivity index (χ0v) is 21.8. The number of ketones is 1. The molecule has 0 radical (unpaired) electrons. The Balaban J connectivity index is 1.28. The number of aliphatic imine (C=N–C) groups is 1. The number of hydrogen-bond donors (Lipinski definition) is 1. The summed E-state index contributed by atoms with van der Waals surface area (Å²) in [6.45, 7) is 0.140. The van der Waals surface area contributed by atoms with Crippen LogP contribution >= 0.6 is 11.8 Å². The number of carbonyl (C=O) groups excluding carboxylic acids is 2. The van der Waals surface area contributed by atoms with Crippen molar-refractivity contribution in [2.24, 2.45) is 4.99 Å². The lowest BCUT2D eigenvalue weighted by atomic mass is 10.1. The highest BCUT2D eigenvalue weighted by Crippen LogP contribution is 2.34. The van der Waals surface area contributed by atoms with Gasteiger partial charge in [-0.2, -0.15) is 0 Å². The summed E-state index contributed by atoms with van der Waals surface area (Å²) >= 11 is 1.04. The van der Waals surface area contributed by atoms with E-state index < -0.39 is 11.4 Å². The van der Waals surface area contributed by atoms with Gasteiger partial charge < -0.3 is 14.2 Å². The third-order valence-electron chi connectivity index (χ3n) is 6.12. The molecule has 0 aliphatic carbocycles. The van der Waals surface area contributed by atoms with Crippen molar-refractivity contribution in [2.75, 3.05) is 24.6 Å². The summed E-state index contributed by atoms with van der Waals surface area (Å²) in [5.41, 5.74) is 0.992. The second-order valence-electron chi connectivity index (χ2n) is 8.59. The van der Waals surface area contributed by atoms with Crippen LogP contribution in [-0.4, -0.2) is 41.8 Å². The second kappa shape index (κ2) is 10.6. The lowest BCUT2D eigenvalue weighted by molar-refractivity contribution is -0.672. The van der Waals surface area contributed by atoms with Crippen molar-refractivity contribution in [3.8, 4) is 22.9 Å². The molecule has 0 fully saturated rings. The van der Waals surface area contributed by atoms with Gasteiger partial charge in [0.1, 0.15) is 11.4 Å². The number of anilines is 1. The summed E-state index contributed by atoms with van der Waals surface area (Å²) in [6, 6.07) is 21.1. The Morgan fingerprint density at radius 2 is 1.85 bits per heavy atom. The average molecular weight is 558 g/mol. The number of aromatic amines is 1. The molecule has 0 saturated heterocycles. The first-order valence-electron chi connectivity index (χ1n) is 12.1. The molecule has 12 heteroatoms. The van der Waals surface area contributed by atoms with Crippen LogP contribution in [0, 0.1) is 0 Å². The second-order valence-corrected chi connectivity index (χ2v) is 9.53. The highest BCUT2D eigenvalue weighted by atomic mass is 32.2. The molecule has 4 aromatic rings. The van der Waals surface area contributed by atoms with E-state index in [1.54, 1.807) is 79.9 Å². The SMILES string of the molecule is COc1ccc(-[n+]2[nH]oc(=O)c2C(=O)CSC2=N/C(=C/c3ccc4c(c3)OCO4)C(=O)N2c2ccccc2)cc1. The maximum atomic E-state index is 13.5. The molecular weight excluding hydrogens is 536 g/mol. The molecule has 40 heavy (non-hydrogen) atoms. The van der Waals surface area contributed by atoms with Gasteiger partial charge in [-0.1, -0.05) is 36.0 Å². The van der Waals surface area contributed by atoms with E-state index in [1.165, 1.54) is 9.58 Å². The van der Waals surface area contributed by atoms with Gasteiger partial charge in [-0.3, -0.25) is 19.0 Å². The summed E-state index contributed by atoms with van der Waals surface area (Å²) in [7, 11) is 1.54. The van der Waals surface area contributed by atoms with E-state index in [9.17, 15) is 14.4 Å². The quantitative estimate of drug-likeness (QED) is 0.208. The van der Waals surface area contributed by atoms with Crippen molar-refractivity contribution in [3.05, 3.63) is 100 Å². The van der Waals surface area contributed by atoms with Gasteiger partial charge in [0.15, 0.2) is 16.7 Å². The highest BCUT2D eigenvalue weighted by Gasteiger charge is 2.35. The standard InChI is InChI=1S/C28H20N4O7S/c1-36-20-10-8-19(9-11-20)32-25(27(35)39-30-32)22(33)15-40-28-29-21(26(34)31(28)18-5-3-2-4-6-18)13-17-7-12-23-24(14-17)38-16-37-23/h2-14H,15-16H2,1H3/p+1/b21-13+. The van der Waals surface area contributed by atoms with Crippen LogP contribution in [-0.2, 0) is 4.79 Å². The first kappa shape index (κ1) is 25.2. The number of aromatic nitrogens is 2. The third-order valence-corrected chi connectivity index (χ3v) is 7.06. The van der Waals surface area contributed by atoms with E-state index >= 15 is 0 Å². The molecule has 3 aromatic carbocycles. The minimum Gasteiger partial charge on any atom is -0.497 e. The number of amidine groups is 1. The average Bonchev–Trinajstić information content (AvgIpc) is 3.69. The Morgan fingerprint density at radius 1 is 1.07 bits per heavy atom. The number of hydrogen-bond acceptors (Lipinski definition) is 9. The molecule has 2 aliphatic heterocycles. The number of H-pyrrole nitrogens is 1. The number of amides is 1. The number of nitrogens with zero attached hydrogens (tertiary/aromatic N) is 3. The molecule has 1 N–H and O–H groups in total. The van der Waals surface area contributed by atoms with Gasteiger partial charge in [-0.25, -0.2) is 9.79 Å². The summed E-state index contributed by atoms with van der Waals surface area (Å²) in [5, 5.41) is 2.76. The number of para-hydroxylation sites is 1. The van der Waals surface area contributed by atoms with Gasteiger partial charge in [-0.15, -0.1) is 0 Å². The van der Waals surface area contributed by atoms with Crippen LogP contribution < -0.4 is 29.4 Å². The number of thioether (sulfide) groups is 1. The molecule has 0 bridgehead atoms. The molecule has 11 nitrogen and oxygen atoms in total. The maximum absolute atomic E-state index is 13.5. The zero-order chi connectivity index (χ0) is 27.6. The summed E-state index contributed by atoms with van der Waals surface area (Å²) < 4.78 is 22.2. The number of benzene rings is 3. The maximum Gasteiger partial charge on any atom is 0.438 e. The Hall–Kier alpha value is -5.10. The smallest absolute Gasteiger partial charge is 0.438 e. The topological polar surface area (TPSA) is 127 Å². The Kier molecular flexibility index (Phi) is 6.66. The van der Waals surface area contributed by atoms with E-state index in [-0.39, 0.29) is 29.8 Å². The minimum absolute atomic E-state index is 0.140. The predicted octanol–water partition coefficient (Wildman–Crippen LogP) is 3.34. The molecule has 200 valence electrons. The zero-order valence-electron chi connectivity index (χ0n) is 21.0. The van der Waals surface area contributed by atoms with E-state index in [2.05, 4.69) is 10.3 Å². The first-order chi connectivity index (χ1) is 19.5. The van der Waals surface area contributed by atoms with Crippen LogP contribution in [0.25, 0.3) is 11.8 Å². The predicted molar refractivity (Wildman–Crippen MR) is 146 cm³/mol. The number of methoxy groups -OCH3 is 1. The van der Waals surface area contributed by atoms with Gasteiger partial charge in [0, 0.05) is 12.1 Å². The largest absolute Gasteiger partial charge is 0.497 e. The van der Waals surface area contributed by atoms with Gasteiger partial charge in [0.05, 0.1) is 18.6 Å². The Morgan fingerprint density at radius 3 is 2.62 bits per heavy atom. The highest BCUT2D eigenvalue weighted by molar-refractivity contribution is 8.14. The number of Topliss-reactive ketones (excluding diaryl/α,β-unsaturated/α-hetero) is 1. The van der Waals surface area contributed by atoms with Crippen molar-refractivity contribution in [3.63, 3.8) is 0 Å². The lowest BCUT2D eigenvalue weighted by Crippen LogP contribution is -2.41. The van der Waals surface area contributed by atoms with Gasteiger partial charge >= 0.3 is 11.3 Å². The van der Waals surface area contributed by atoms with E-state index in [4.69, 9.17) is 18.7 Å². The Bertz CT molecular complexity index is 1730. The van der Waals surface area contributed by atoms with Crippen LogP contribution in [0.15, 0.2) is 92.8 Å². The van der Waals surface area contributed by atoms with E-state index in [0.29, 0.717) is 39.4 Å². The molecule has 0 saturated carbocycles. The molecule has 2 aliphatic rings. The lowest BCUT2D eigenvalue weighted by Gasteiger charge is -2.17. The van der Waals surface area contributed by atoms with Crippen LogP contribution in [0.1, 0.15) is 16.1 Å². The Labute approximate surface area is 231 Å². The summed E-state index contributed by atoms with van der Waals surface area (Å²) in [6.07, 6.45) is 1.65. The number of carbonyl (C=O) groups is 2. The fraction of sp³-hybridized carbons (Fsp3) is 0.107. The van der Waals surface area contributed by atoms with Crippen molar-refractivity contribution >= 4 is 40.4 Å². The normalized spacial score (nSPS) is 15.0. The van der Waals surface area contributed by atoms with Crippen LogP contribution in [0.5, 0.6) is 17.2 Å². The summed E-state index contributed by atoms with van der Waals surface area (Å²) in [4.78, 5) is 45.2. The van der Waals surface area contributed by atoms with Gasteiger partial charge in [0.2, 0.25) is 18.3 Å². The first-order valence-corrected chi connectivity index (χ1v) is 13.0. The van der Waals surface area contributed by atoms with E-state index in [0.717, 1.165) is 11.8 Å². The third kappa shape index (κ3) is 4.76. The number of nitrogens with one attached hydrogen (secondary N) is 1. The van der Waals surface area contributed by atoms with Gasteiger partial charge in [-0.05, 0) is 58.0 Å². The monoisotopic (exact) mass is 557 g/mol. The fourth-order valence-corrected chi connectivity index (χ4v) is 5.06. The molecule has 0 spiro atoms. The van der Waals surface area contributed by atoms with Crippen molar-refractivity contribution in [2.45, 2.75) is 0 Å².